The van der Waals surface area contributed by atoms with Crippen molar-refractivity contribution < 1.29 is 22.7 Å². The zero-order chi connectivity index (χ0) is 22.6. The second-order valence-corrected chi connectivity index (χ2v) is 7.97. The molecule has 10 heteroatoms. The molecule has 2 aromatic rings. The van der Waals surface area contributed by atoms with E-state index in [-0.39, 0.29) is 6.61 Å². The molecule has 162 valence electrons. The number of carbonyl (C=O) groups excluding carboxylic acids is 1. The van der Waals surface area contributed by atoms with Gasteiger partial charge in [-0.15, -0.1) is 0 Å². The van der Waals surface area contributed by atoms with Crippen molar-refractivity contribution in [3.8, 4) is 0 Å². The van der Waals surface area contributed by atoms with Crippen molar-refractivity contribution >= 4 is 33.9 Å². The molecule has 1 aliphatic rings. The van der Waals surface area contributed by atoms with Crippen molar-refractivity contribution in [2.24, 2.45) is 10.7 Å². The summed E-state index contributed by atoms with van der Waals surface area (Å²) in [6, 6.07) is 10.6. The third-order valence-electron chi connectivity index (χ3n) is 4.62. The standard InChI is InChI=1S/C14H16F3N3O2.C6H6BrN/c1-12(9-4-3-5-10(6-9)19-8-21)7-22-13(2,11(18)20-12)14(15,16)17;1-5-2-3-6(7)4-8-5/h3-6,8H,7H2,1-2H3,(H2,18,20)(H,19,21);2-4H,1H3/t12-,13+;/m0./s1. The average Bonchev–Trinajstić information content (AvgIpc) is 2.68. The first-order valence-corrected chi connectivity index (χ1v) is 9.66. The number of anilines is 1. The number of nitrogens with two attached hydrogens (primary N) is 1. The lowest BCUT2D eigenvalue weighted by Gasteiger charge is -2.41. The highest BCUT2D eigenvalue weighted by atomic mass is 79.9. The summed E-state index contributed by atoms with van der Waals surface area (Å²) >= 11 is 3.28. The Kier molecular flexibility index (Phi) is 7.25. The topological polar surface area (TPSA) is 89.6 Å². The first-order valence-electron chi connectivity index (χ1n) is 8.87. The maximum absolute atomic E-state index is 13.1. The summed E-state index contributed by atoms with van der Waals surface area (Å²) in [6.07, 6.45) is -2.35. The molecule has 3 N–H and O–H groups in total. The van der Waals surface area contributed by atoms with Crippen molar-refractivity contribution in [2.75, 3.05) is 11.9 Å². The van der Waals surface area contributed by atoms with Gasteiger partial charge in [-0.25, -0.2) is 0 Å². The van der Waals surface area contributed by atoms with Gasteiger partial charge in [-0.05, 0) is 66.5 Å². The minimum absolute atomic E-state index is 0.283. The molecule has 0 spiro atoms. The fourth-order valence-corrected chi connectivity index (χ4v) is 2.83. The highest BCUT2D eigenvalue weighted by Gasteiger charge is 2.58. The molecule has 0 fully saturated rings. The van der Waals surface area contributed by atoms with Crippen LogP contribution in [0, 0.1) is 6.92 Å². The maximum Gasteiger partial charge on any atom is 0.424 e. The number of hydrogen-bond donors (Lipinski definition) is 2. The van der Waals surface area contributed by atoms with Gasteiger partial charge in [-0.2, -0.15) is 13.2 Å². The lowest BCUT2D eigenvalue weighted by Crippen LogP contribution is -2.60. The number of amidine groups is 1. The number of pyridine rings is 1. The molecular weight excluding hydrogens is 465 g/mol. The van der Waals surface area contributed by atoms with Gasteiger partial charge in [0, 0.05) is 22.1 Å². The molecule has 30 heavy (non-hydrogen) atoms. The molecule has 0 unspecified atom stereocenters. The molecule has 1 amide bonds. The minimum atomic E-state index is -4.65. The van der Waals surface area contributed by atoms with E-state index < -0.39 is 23.2 Å². The molecule has 0 aliphatic carbocycles. The Morgan fingerprint density at radius 3 is 2.47 bits per heavy atom. The molecule has 1 aliphatic heterocycles. The Bertz CT molecular complexity index is 900. The highest BCUT2D eigenvalue weighted by Crippen LogP contribution is 2.40. The van der Waals surface area contributed by atoms with Gasteiger partial charge in [0.2, 0.25) is 12.0 Å². The van der Waals surface area contributed by atoms with E-state index in [0.717, 1.165) is 17.1 Å². The zero-order valence-corrected chi connectivity index (χ0v) is 18.2. The summed E-state index contributed by atoms with van der Waals surface area (Å²) in [4.78, 5) is 18.6. The van der Waals surface area contributed by atoms with Gasteiger partial charge in [0.1, 0.15) is 11.4 Å². The number of nitrogens with zero attached hydrogens (tertiary/aromatic N) is 2. The molecule has 0 radical (unpaired) electrons. The number of rotatable bonds is 3. The summed E-state index contributed by atoms with van der Waals surface area (Å²) in [6.45, 7) is 4.16. The third kappa shape index (κ3) is 5.37. The quantitative estimate of drug-likeness (QED) is 0.631. The Morgan fingerprint density at radius 1 is 1.27 bits per heavy atom. The van der Waals surface area contributed by atoms with Crippen LogP contribution < -0.4 is 11.1 Å². The van der Waals surface area contributed by atoms with Gasteiger partial charge in [-0.1, -0.05) is 12.1 Å². The van der Waals surface area contributed by atoms with E-state index >= 15 is 0 Å². The second kappa shape index (κ2) is 9.13. The van der Waals surface area contributed by atoms with Gasteiger partial charge in [0.25, 0.3) is 0 Å². The molecule has 1 aromatic carbocycles. The molecule has 1 aromatic heterocycles. The number of aromatic nitrogens is 1. The van der Waals surface area contributed by atoms with Gasteiger partial charge in [0.05, 0.1) is 6.61 Å². The number of carbonyl (C=O) groups is 1. The fourth-order valence-electron chi connectivity index (χ4n) is 2.60. The summed E-state index contributed by atoms with van der Waals surface area (Å²) in [7, 11) is 0. The Hall–Kier alpha value is -2.46. The summed E-state index contributed by atoms with van der Waals surface area (Å²) in [5, 5.41) is 2.47. The molecular formula is C20H22BrF3N4O2. The number of benzene rings is 1. The number of amides is 1. The van der Waals surface area contributed by atoms with Crippen molar-refractivity contribution in [3.63, 3.8) is 0 Å². The lowest BCUT2D eigenvalue weighted by molar-refractivity contribution is -0.249. The smallest absolute Gasteiger partial charge is 0.385 e. The van der Waals surface area contributed by atoms with Gasteiger partial charge < -0.3 is 15.8 Å². The first kappa shape index (κ1) is 23.8. The van der Waals surface area contributed by atoms with E-state index in [1.807, 2.05) is 19.1 Å². The highest BCUT2D eigenvalue weighted by molar-refractivity contribution is 9.10. The second-order valence-electron chi connectivity index (χ2n) is 7.05. The average molecular weight is 487 g/mol. The predicted molar refractivity (Wildman–Crippen MR) is 112 cm³/mol. The fraction of sp³-hybridized carbons (Fsp3) is 0.350. The van der Waals surface area contributed by atoms with Crippen LogP contribution in [0.4, 0.5) is 18.9 Å². The van der Waals surface area contributed by atoms with Crippen LogP contribution in [0.3, 0.4) is 0 Å². The summed E-state index contributed by atoms with van der Waals surface area (Å²) in [5.41, 5.74) is 4.03. The van der Waals surface area contributed by atoms with Gasteiger partial charge in [-0.3, -0.25) is 14.8 Å². The molecule has 0 saturated carbocycles. The molecule has 2 heterocycles. The van der Waals surface area contributed by atoms with Crippen LogP contribution in [0.15, 0.2) is 52.1 Å². The van der Waals surface area contributed by atoms with Crippen LogP contribution in [-0.4, -0.2) is 35.6 Å². The number of halogens is 4. The molecule has 0 bridgehead atoms. The van der Waals surface area contributed by atoms with Crippen LogP contribution in [0.1, 0.15) is 25.1 Å². The Morgan fingerprint density at radius 2 is 1.97 bits per heavy atom. The molecule has 0 saturated heterocycles. The van der Waals surface area contributed by atoms with Crippen LogP contribution in [-0.2, 0) is 15.1 Å². The Balaban J connectivity index is 0.000000335. The number of hydrogen-bond acceptors (Lipinski definition) is 5. The van der Waals surface area contributed by atoms with E-state index in [2.05, 4.69) is 31.2 Å². The third-order valence-corrected chi connectivity index (χ3v) is 5.09. The normalized spacial score (nSPS) is 23.6. The van der Waals surface area contributed by atoms with E-state index in [4.69, 9.17) is 10.5 Å². The minimum Gasteiger partial charge on any atom is -0.385 e. The number of aryl methyl sites for hydroxylation is 1. The van der Waals surface area contributed by atoms with Crippen molar-refractivity contribution in [2.45, 2.75) is 38.1 Å². The molecule has 3 rings (SSSR count). The van der Waals surface area contributed by atoms with E-state index in [0.29, 0.717) is 17.7 Å². The predicted octanol–water partition coefficient (Wildman–Crippen LogP) is 4.33. The van der Waals surface area contributed by atoms with Crippen LogP contribution in [0.25, 0.3) is 0 Å². The zero-order valence-electron chi connectivity index (χ0n) is 16.6. The number of nitrogens with one attached hydrogen (secondary N) is 1. The van der Waals surface area contributed by atoms with Crippen LogP contribution >= 0.6 is 15.9 Å². The Labute approximate surface area is 180 Å². The SMILES string of the molecule is C[C@@]1(c2cccc(NC=O)c2)CO[C@@](C)(C(F)(F)F)C(N)=N1.Cc1ccc(Br)cn1. The maximum atomic E-state index is 13.1. The summed E-state index contributed by atoms with van der Waals surface area (Å²) < 4.78 is 45.3. The number of aliphatic imine (C=N–C) groups is 1. The van der Waals surface area contributed by atoms with Crippen molar-refractivity contribution in [3.05, 3.63) is 58.3 Å². The number of ether oxygens (including phenoxy) is 1. The summed E-state index contributed by atoms with van der Waals surface area (Å²) in [5.74, 6) is -0.623. The van der Waals surface area contributed by atoms with E-state index in [9.17, 15) is 18.0 Å². The van der Waals surface area contributed by atoms with E-state index in [1.54, 1.807) is 37.4 Å². The number of alkyl halides is 3. The van der Waals surface area contributed by atoms with Crippen molar-refractivity contribution in [1.82, 2.24) is 4.98 Å². The first-order chi connectivity index (χ1) is 13.9. The lowest BCUT2D eigenvalue weighted by atomic mass is 9.90. The molecule has 6 nitrogen and oxygen atoms in total. The van der Waals surface area contributed by atoms with Crippen LogP contribution in [0.2, 0.25) is 0 Å². The largest absolute Gasteiger partial charge is 0.424 e. The van der Waals surface area contributed by atoms with Gasteiger partial charge in [0.15, 0.2) is 0 Å². The van der Waals surface area contributed by atoms with Gasteiger partial charge >= 0.3 is 6.18 Å². The van der Waals surface area contributed by atoms with Crippen molar-refractivity contribution in [1.29, 1.82) is 0 Å². The van der Waals surface area contributed by atoms with Crippen LogP contribution in [0.5, 0.6) is 0 Å². The van der Waals surface area contributed by atoms with E-state index in [1.165, 1.54) is 0 Å². The molecule has 2 atom stereocenters. The monoisotopic (exact) mass is 486 g/mol.